The predicted octanol–water partition coefficient (Wildman–Crippen LogP) is 0.814. The molecular weight excluding hydrogens is 188 g/mol. The first kappa shape index (κ1) is 8.62. The van der Waals surface area contributed by atoms with Gasteiger partial charge < -0.3 is 5.11 Å². The van der Waals surface area contributed by atoms with Crippen LogP contribution in [-0.2, 0) is 9.59 Å². The predicted molar refractivity (Wildman–Crippen MR) is 35.6 cm³/mol. The van der Waals surface area contributed by atoms with E-state index in [2.05, 4.69) is 15.9 Å². The minimum atomic E-state index is -1.38. The molecule has 0 bridgehead atoms. The zero-order valence-electron chi connectivity index (χ0n) is 4.93. The molecule has 1 N–H and O–H groups in total. The second-order valence-corrected chi connectivity index (χ2v) is 2.65. The van der Waals surface area contributed by atoms with Crippen molar-refractivity contribution < 1.29 is 14.7 Å². The minimum Gasteiger partial charge on any atom is -0.475 e. The fourth-order valence-corrected chi connectivity index (χ4v) is 0.515. The standard InChI is InChI=1S/C5H7BrO3/c1-2-3(6)4(7)5(8)9/h3H,2H2,1H3,(H,8,9)/t3-/m0/s1. The van der Waals surface area contributed by atoms with Crippen LogP contribution in [-0.4, -0.2) is 21.7 Å². The fourth-order valence-electron chi connectivity index (χ4n) is 0.319. The van der Waals surface area contributed by atoms with Crippen LogP contribution in [0.1, 0.15) is 13.3 Å². The second kappa shape index (κ2) is 3.61. The molecule has 0 rings (SSSR count). The van der Waals surface area contributed by atoms with E-state index in [0.717, 1.165) is 0 Å². The summed E-state index contributed by atoms with van der Waals surface area (Å²) >= 11 is 2.91. The smallest absolute Gasteiger partial charge is 0.373 e. The molecule has 0 saturated heterocycles. The second-order valence-electron chi connectivity index (χ2n) is 1.55. The number of ketones is 1. The average molecular weight is 195 g/mol. The Bertz CT molecular complexity index is 132. The third-order valence-electron chi connectivity index (χ3n) is 0.854. The van der Waals surface area contributed by atoms with Gasteiger partial charge in [0.05, 0.1) is 4.83 Å². The molecule has 1 atom stereocenters. The summed E-state index contributed by atoms with van der Waals surface area (Å²) in [6, 6.07) is 0. The van der Waals surface area contributed by atoms with Crippen molar-refractivity contribution in [2.45, 2.75) is 18.2 Å². The molecule has 9 heavy (non-hydrogen) atoms. The monoisotopic (exact) mass is 194 g/mol. The van der Waals surface area contributed by atoms with Crippen LogP contribution in [0, 0.1) is 0 Å². The molecule has 0 unspecified atom stereocenters. The van der Waals surface area contributed by atoms with E-state index < -0.39 is 16.6 Å². The number of carboxylic acid groups (broad SMARTS) is 1. The number of halogens is 1. The Morgan fingerprint density at radius 2 is 2.11 bits per heavy atom. The lowest BCUT2D eigenvalue weighted by atomic mass is 10.2. The van der Waals surface area contributed by atoms with Crippen LogP contribution < -0.4 is 0 Å². The van der Waals surface area contributed by atoms with Crippen LogP contribution in [0.3, 0.4) is 0 Å². The Kier molecular flexibility index (Phi) is 3.46. The summed E-state index contributed by atoms with van der Waals surface area (Å²) in [4.78, 5) is 19.8. The highest BCUT2D eigenvalue weighted by atomic mass is 79.9. The van der Waals surface area contributed by atoms with Crippen molar-refractivity contribution >= 4 is 27.7 Å². The Morgan fingerprint density at radius 3 is 2.22 bits per heavy atom. The van der Waals surface area contributed by atoms with E-state index in [0.29, 0.717) is 6.42 Å². The molecule has 4 heteroatoms. The molecule has 0 heterocycles. The first-order valence-corrected chi connectivity index (χ1v) is 3.42. The van der Waals surface area contributed by atoms with Crippen molar-refractivity contribution in [1.29, 1.82) is 0 Å². The van der Waals surface area contributed by atoms with E-state index in [9.17, 15) is 9.59 Å². The molecule has 0 aromatic rings. The highest BCUT2D eigenvalue weighted by Gasteiger charge is 2.19. The molecule has 0 aliphatic heterocycles. The lowest BCUT2D eigenvalue weighted by molar-refractivity contribution is -0.148. The first-order valence-electron chi connectivity index (χ1n) is 2.50. The Labute approximate surface area is 61.2 Å². The molecule has 0 aliphatic carbocycles. The van der Waals surface area contributed by atoms with Crippen LogP contribution in [0.4, 0.5) is 0 Å². The molecule has 0 saturated carbocycles. The van der Waals surface area contributed by atoms with Gasteiger partial charge in [-0.15, -0.1) is 0 Å². The van der Waals surface area contributed by atoms with Gasteiger partial charge in [0.2, 0.25) is 0 Å². The van der Waals surface area contributed by atoms with Crippen LogP contribution in [0.25, 0.3) is 0 Å². The summed E-state index contributed by atoms with van der Waals surface area (Å²) in [7, 11) is 0. The average Bonchev–Trinajstić information content (AvgIpc) is 1.84. The summed E-state index contributed by atoms with van der Waals surface area (Å²) in [5.41, 5.74) is 0. The van der Waals surface area contributed by atoms with Gasteiger partial charge >= 0.3 is 5.97 Å². The zero-order valence-corrected chi connectivity index (χ0v) is 6.51. The van der Waals surface area contributed by atoms with Crippen LogP contribution >= 0.6 is 15.9 Å². The number of aliphatic carboxylic acids is 1. The van der Waals surface area contributed by atoms with Crippen molar-refractivity contribution in [2.75, 3.05) is 0 Å². The van der Waals surface area contributed by atoms with Gasteiger partial charge in [-0.3, -0.25) is 4.79 Å². The lowest BCUT2D eigenvalue weighted by Crippen LogP contribution is -2.22. The van der Waals surface area contributed by atoms with Gasteiger partial charge in [-0.2, -0.15) is 0 Å². The van der Waals surface area contributed by atoms with Crippen molar-refractivity contribution in [1.82, 2.24) is 0 Å². The number of carbonyl (C=O) groups excluding carboxylic acids is 1. The Morgan fingerprint density at radius 1 is 1.67 bits per heavy atom. The van der Waals surface area contributed by atoms with Gasteiger partial charge in [0.15, 0.2) is 0 Å². The fraction of sp³-hybridized carbons (Fsp3) is 0.600. The van der Waals surface area contributed by atoms with E-state index >= 15 is 0 Å². The minimum absolute atomic E-state index is 0.505. The van der Waals surface area contributed by atoms with Crippen molar-refractivity contribution in [3.63, 3.8) is 0 Å². The lowest BCUT2D eigenvalue weighted by Gasteiger charge is -1.97. The van der Waals surface area contributed by atoms with E-state index in [-0.39, 0.29) is 0 Å². The molecule has 0 aliphatic rings. The molecular formula is C5H7BrO3. The van der Waals surface area contributed by atoms with Crippen molar-refractivity contribution in [2.24, 2.45) is 0 Å². The van der Waals surface area contributed by atoms with Gasteiger partial charge in [0.25, 0.3) is 5.78 Å². The number of carbonyl (C=O) groups is 2. The summed E-state index contributed by atoms with van der Waals surface area (Å²) in [6.07, 6.45) is 0.505. The summed E-state index contributed by atoms with van der Waals surface area (Å²) in [5.74, 6) is -2.16. The van der Waals surface area contributed by atoms with E-state index in [4.69, 9.17) is 5.11 Å². The number of hydrogen-bond donors (Lipinski definition) is 1. The van der Waals surface area contributed by atoms with Crippen LogP contribution in [0.15, 0.2) is 0 Å². The molecule has 0 amide bonds. The third-order valence-corrected chi connectivity index (χ3v) is 1.92. The SMILES string of the molecule is CC[C@H](Br)C(=O)C(=O)O. The van der Waals surface area contributed by atoms with Crippen LogP contribution in [0.2, 0.25) is 0 Å². The zero-order chi connectivity index (χ0) is 7.44. The number of carboxylic acids is 1. The molecule has 0 fully saturated rings. The Balaban J connectivity index is 3.88. The summed E-state index contributed by atoms with van der Waals surface area (Å²) in [5, 5.41) is 8.10. The van der Waals surface area contributed by atoms with E-state index in [1.54, 1.807) is 6.92 Å². The largest absolute Gasteiger partial charge is 0.475 e. The van der Waals surface area contributed by atoms with Crippen molar-refractivity contribution in [3.8, 4) is 0 Å². The number of Topliss-reactive ketones (excluding diaryl/α,β-unsaturated/α-hetero) is 1. The Hall–Kier alpha value is -0.380. The first-order chi connectivity index (χ1) is 4.09. The molecule has 3 nitrogen and oxygen atoms in total. The molecule has 0 aromatic heterocycles. The summed E-state index contributed by atoms with van der Waals surface area (Å²) in [6.45, 7) is 1.74. The molecule has 52 valence electrons. The van der Waals surface area contributed by atoms with E-state index in [1.807, 2.05) is 0 Å². The highest BCUT2D eigenvalue weighted by molar-refractivity contribution is 9.10. The normalized spacial score (nSPS) is 12.7. The van der Waals surface area contributed by atoms with Gasteiger partial charge in [-0.05, 0) is 6.42 Å². The van der Waals surface area contributed by atoms with E-state index in [1.165, 1.54) is 0 Å². The summed E-state index contributed by atoms with van der Waals surface area (Å²) < 4.78 is 0. The maximum Gasteiger partial charge on any atom is 0.373 e. The van der Waals surface area contributed by atoms with Gasteiger partial charge in [0.1, 0.15) is 0 Å². The van der Waals surface area contributed by atoms with Gasteiger partial charge in [-0.1, -0.05) is 22.9 Å². The van der Waals surface area contributed by atoms with Gasteiger partial charge in [-0.25, -0.2) is 4.79 Å². The third kappa shape index (κ3) is 2.60. The number of hydrogen-bond acceptors (Lipinski definition) is 2. The molecule has 0 radical (unpaired) electrons. The number of alkyl halides is 1. The topological polar surface area (TPSA) is 54.4 Å². The highest BCUT2D eigenvalue weighted by Crippen LogP contribution is 2.04. The quantitative estimate of drug-likeness (QED) is 0.535. The number of rotatable bonds is 3. The maximum absolute atomic E-state index is 10.4. The molecule has 0 aromatic carbocycles. The van der Waals surface area contributed by atoms with Crippen LogP contribution in [0.5, 0.6) is 0 Å². The van der Waals surface area contributed by atoms with Crippen molar-refractivity contribution in [3.05, 3.63) is 0 Å². The molecule has 0 spiro atoms. The maximum atomic E-state index is 10.4. The van der Waals surface area contributed by atoms with Gasteiger partial charge in [0, 0.05) is 0 Å².